The van der Waals surface area contributed by atoms with Crippen LogP contribution in [-0.4, -0.2) is 28.2 Å². The van der Waals surface area contributed by atoms with E-state index < -0.39 is 0 Å². The average molecular weight is 338 g/mol. The summed E-state index contributed by atoms with van der Waals surface area (Å²) in [6.45, 7) is 0.577. The van der Waals surface area contributed by atoms with E-state index in [2.05, 4.69) is 15.3 Å². The Kier molecular flexibility index (Phi) is 6.48. The van der Waals surface area contributed by atoms with Crippen molar-refractivity contribution in [2.45, 2.75) is 12.2 Å². The molecule has 0 aliphatic carbocycles. The number of aromatic amines is 1. The molecule has 22 heavy (non-hydrogen) atoms. The Hall–Kier alpha value is -1.79. The van der Waals surface area contributed by atoms with Gasteiger partial charge in [0.05, 0.1) is 6.20 Å². The molecule has 0 aliphatic heterocycles. The molecule has 1 amide bonds. The van der Waals surface area contributed by atoms with Crippen molar-refractivity contribution < 1.29 is 4.79 Å². The molecular formula is C15H16ClN3O2S. The lowest BCUT2D eigenvalue weighted by molar-refractivity contribution is 0.0948. The number of amides is 1. The Labute approximate surface area is 137 Å². The molecule has 0 atom stereocenters. The molecule has 7 heteroatoms. The first kappa shape index (κ1) is 16.6. The largest absolute Gasteiger partial charge is 0.351 e. The smallest absolute Gasteiger partial charge is 0.271 e. The highest BCUT2D eigenvalue weighted by Crippen LogP contribution is 2.15. The van der Waals surface area contributed by atoms with Crippen LogP contribution in [0, 0.1) is 0 Å². The highest BCUT2D eigenvalue weighted by Gasteiger charge is 2.05. The third-order valence-electron chi connectivity index (χ3n) is 2.84. The van der Waals surface area contributed by atoms with E-state index in [0.29, 0.717) is 6.54 Å². The predicted octanol–water partition coefficient (Wildman–Crippen LogP) is 2.48. The number of thioether (sulfide) groups is 1. The van der Waals surface area contributed by atoms with Crippen molar-refractivity contribution in [3.8, 4) is 0 Å². The molecule has 1 aromatic heterocycles. The van der Waals surface area contributed by atoms with Gasteiger partial charge < -0.3 is 10.3 Å². The van der Waals surface area contributed by atoms with Crippen LogP contribution in [0.5, 0.6) is 0 Å². The van der Waals surface area contributed by atoms with Crippen LogP contribution >= 0.6 is 23.4 Å². The van der Waals surface area contributed by atoms with Gasteiger partial charge in [-0.3, -0.25) is 9.59 Å². The Morgan fingerprint density at radius 3 is 2.77 bits per heavy atom. The van der Waals surface area contributed by atoms with Gasteiger partial charge in [0, 0.05) is 23.5 Å². The monoisotopic (exact) mass is 337 g/mol. The minimum absolute atomic E-state index is 0.216. The van der Waals surface area contributed by atoms with E-state index in [1.165, 1.54) is 11.8 Å². The molecule has 0 saturated carbocycles. The van der Waals surface area contributed by atoms with Crippen molar-refractivity contribution in [1.29, 1.82) is 0 Å². The van der Waals surface area contributed by atoms with Crippen LogP contribution in [0.2, 0.25) is 5.02 Å². The van der Waals surface area contributed by atoms with E-state index in [1.807, 2.05) is 24.3 Å². The summed E-state index contributed by atoms with van der Waals surface area (Å²) in [6.07, 6.45) is 3.27. The van der Waals surface area contributed by atoms with Crippen LogP contribution in [-0.2, 0) is 5.75 Å². The molecule has 2 N–H and O–H groups in total. The lowest BCUT2D eigenvalue weighted by atomic mass is 10.2. The maximum atomic E-state index is 11.7. The van der Waals surface area contributed by atoms with Crippen molar-refractivity contribution in [2.24, 2.45) is 0 Å². The Morgan fingerprint density at radius 1 is 1.32 bits per heavy atom. The second kappa shape index (κ2) is 8.60. The third-order valence-corrected chi connectivity index (χ3v) is 4.20. The molecule has 0 fully saturated rings. The maximum absolute atomic E-state index is 11.7. The van der Waals surface area contributed by atoms with Gasteiger partial charge in [-0.15, -0.1) is 0 Å². The number of benzene rings is 1. The predicted molar refractivity (Wildman–Crippen MR) is 89.4 cm³/mol. The SMILES string of the molecule is O=C(NCCCSCc1ccc(Cl)cc1)c1c[nH]c(=O)cn1. The van der Waals surface area contributed by atoms with Crippen molar-refractivity contribution in [3.05, 3.63) is 63.3 Å². The van der Waals surface area contributed by atoms with E-state index in [-0.39, 0.29) is 17.2 Å². The van der Waals surface area contributed by atoms with Gasteiger partial charge in [0.2, 0.25) is 0 Å². The average Bonchev–Trinajstić information content (AvgIpc) is 2.53. The van der Waals surface area contributed by atoms with E-state index in [1.54, 1.807) is 11.8 Å². The quantitative estimate of drug-likeness (QED) is 0.761. The summed E-state index contributed by atoms with van der Waals surface area (Å²) in [4.78, 5) is 28.8. The number of nitrogens with one attached hydrogen (secondary N) is 2. The summed E-state index contributed by atoms with van der Waals surface area (Å²) in [7, 11) is 0. The van der Waals surface area contributed by atoms with Gasteiger partial charge in [0.1, 0.15) is 5.69 Å². The molecule has 0 aliphatic rings. The summed E-state index contributed by atoms with van der Waals surface area (Å²) in [5.74, 6) is 1.59. The zero-order chi connectivity index (χ0) is 15.8. The highest BCUT2D eigenvalue weighted by atomic mass is 35.5. The summed E-state index contributed by atoms with van der Waals surface area (Å²) < 4.78 is 0. The van der Waals surface area contributed by atoms with Crippen LogP contribution in [0.3, 0.4) is 0 Å². The Bertz CT molecular complexity index is 653. The molecule has 0 saturated heterocycles. The fourth-order valence-electron chi connectivity index (χ4n) is 1.70. The molecule has 0 unspecified atom stereocenters. The lowest BCUT2D eigenvalue weighted by Gasteiger charge is -2.05. The lowest BCUT2D eigenvalue weighted by Crippen LogP contribution is -2.26. The third kappa shape index (κ3) is 5.54. The first-order valence-electron chi connectivity index (χ1n) is 6.80. The van der Waals surface area contributed by atoms with Gasteiger partial charge in [-0.25, -0.2) is 4.98 Å². The Morgan fingerprint density at radius 2 is 2.09 bits per heavy atom. The van der Waals surface area contributed by atoms with Crippen LogP contribution in [0.15, 0.2) is 41.5 Å². The minimum Gasteiger partial charge on any atom is -0.351 e. The summed E-state index contributed by atoms with van der Waals surface area (Å²) in [5, 5.41) is 3.51. The van der Waals surface area contributed by atoms with Crippen molar-refractivity contribution in [1.82, 2.24) is 15.3 Å². The van der Waals surface area contributed by atoms with Gasteiger partial charge in [0.15, 0.2) is 0 Å². The van der Waals surface area contributed by atoms with Gasteiger partial charge >= 0.3 is 0 Å². The van der Waals surface area contributed by atoms with Gasteiger partial charge in [0.25, 0.3) is 11.5 Å². The molecule has 0 bridgehead atoms. The minimum atomic E-state index is -0.324. The number of H-pyrrole nitrogens is 1. The van der Waals surface area contributed by atoms with Crippen LogP contribution in [0.25, 0.3) is 0 Å². The normalized spacial score (nSPS) is 10.4. The molecule has 1 aromatic carbocycles. The first-order valence-corrected chi connectivity index (χ1v) is 8.33. The van der Waals surface area contributed by atoms with Gasteiger partial charge in [-0.05, 0) is 29.9 Å². The van der Waals surface area contributed by atoms with Crippen molar-refractivity contribution in [2.75, 3.05) is 12.3 Å². The molecule has 0 radical (unpaired) electrons. The number of hydrogen-bond donors (Lipinski definition) is 2. The van der Waals surface area contributed by atoms with Crippen LogP contribution < -0.4 is 10.9 Å². The Balaban J connectivity index is 1.61. The maximum Gasteiger partial charge on any atom is 0.271 e. The highest BCUT2D eigenvalue weighted by molar-refractivity contribution is 7.98. The first-order chi connectivity index (χ1) is 10.6. The van der Waals surface area contributed by atoms with Crippen molar-refractivity contribution >= 4 is 29.3 Å². The summed E-state index contributed by atoms with van der Waals surface area (Å²) >= 11 is 7.64. The number of hydrogen-bond acceptors (Lipinski definition) is 4. The molecule has 5 nitrogen and oxygen atoms in total. The van der Waals surface area contributed by atoms with Gasteiger partial charge in [-0.1, -0.05) is 23.7 Å². The van der Waals surface area contributed by atoms with E-state index in [4.69, 9.17) is 11.6 Å². The molecule has 0 spiro atoms. The summed E-state index contributed by atoms with van der Waals surface area (Å²) in [5.41, 5.74) is 1.12. The van der Waals surface area contributed by atoms with Gasteiger partial charge in [-0.2, -0.15) is 11.8 Å². The van der Waals surface area contributed by atoms with E-state index >= 15 is 0 Å². The fraction of sp³-hybridized carbons (Fsp3) is 0.267. The standard InChI is InChI=1S/C15H16ClN3O2S/c16-12-4-2-11(3-5-12)10-22-7-1-6-17-15(21)13-8-19-14(20)9-18-13/h2-5,8-9H,1,6-7,10H2,(H,17,21)(H,19,20). The number of carbonyl (C=O) groups excluding carboxylic acids is 1. The number of aromatic nitrogens is 2. The van der Waals surface area contributed by atoms with E-state index in [0.717, 1.165) is 29.1 Å². The molecule has 116 valence electrons. The fourth-order valence-corrected chi connectivity index (χ4v) is 2.75. The molecule has 2 rings (SSSR count). The topological polar surface area (TPSA) is 74.8 Å². The number of nitrogens with zero attached hydrogens (tertiary/aromatic N) is 1. The zero-order valence-corrected chi connectivity index (χ0v) is 13.4. The van der Waals surface area contributed by atoms with Crippen molar-refractivity contribution in [3.63, 3.8) is 0 Å². The second-order valence-electron chi connectivity index (χ2n) is 4.58. The summed E-state index contributed by atoms with van der Waals surface area (Å²) in [6, 6.07) is 7.79. The molecular weight excluding hydrogens is 322 g/mol. The van der Waals surface area contributed by atoms with E-state index in [9.17, 15) is 9.59 Å². The molecule has 2 aromatic rings. The number of halogens is 1. The molecule has 1 heterocycles. The zero-order valence-electron chi connectivity index (χ0n) is 11.8. The second-order valence-corrected chi connectivity index (χ2v) is 6.13. The number of carbonyl (C=O) groups is 1. The van der Waals surface area contributed by atoms with Crippen LogP contribution in [0.4, 0.5) is 0 Å². The number of rotatable bonds is 7. The van der Waals surface area contributed by atoms with Crippen LogP contribution in [0.1, 0.15) is 22.5 Å².